The molecule has 0 fully saturated rings. The van der Waals surface area contributed by atoms with E-state index >= 15 is 0 Å². The predicted molar refractivity (Wildman–Crippen MR) is 68.7 cm³/mol. The molecular weight excluding hydrogens is 223 g/mol. The highest BCUT2D eigenvalue weighted by Crippen LogP contribution is 2.43. The first-order chi connectivity index (χ1) is 7.48. The van der Waals surface area contributed by atoms with Crippen molar-refractivity contribution in [2.45, 2.75) is 77.3 Å². The van der Waals surface area contributed by atoms with Crippen LogP contribution in [0.3, 0.4) is 0 Å². The summed E-state index contributed by atoms with van der Waals surface area (Å²) in [4.78, 5) is 17.8. The fourth-order valence-electron chi connectivity index (χ4n) is 1.74. The van der Waals surface area contributed by atoms with Crippen LogP contribution in [-0.2, 0) is 4.57 Å². The summed E-state index contributed by atoms with van der Waals surface area (Å²) in [6.45, 7) is 3.85. The first-order valence-electron chi connectivity index (χ1n) is 6.53. The summed E-state index contributed by atoms with van der Waals surface area (Å²) in [5, 5.41) is 0. The van der Waals surface area contributed by atoms with E-state index in [0.717, 1.165) is 12.8 Å². The van der Waals surface area contributed by atoms with Crippen molar-refractivity contribution in [1.82, 2.24) is 0 Å². The van der Waals surface area contributed by atoms with Gasteiger partial charge in [-0.25, -0.2) is 0 Å². The summed E-state index contributed by atoms with van der Waals surface area (Å²) >= 11 is 0. The van der Waals surface area contributed by atoms with Crippen LogP contribution in [0.25, 0.3) is 0 Å². The van der Waals surface area contributed by atoms with Crippen LogP contribution < -0.4 is 0 Å². The van der Waals surface area contributed by atoms with Crippen molar-refractivity contribution in [2.24, 2.45) is 0 Å². The summed E-state index contributed by atoms with van der Waals surface area (Å²) in [5.74, 6) is 0. The van der Waals surface area contributed by atoms with E-state index in [-0.39, 0.29) is 0 Å². The Hall–Kier alpha value is 0.150. The summed E-state index contributed by atoms with van der Waals surface area (Å²) in [5.41, 5.74) is -0.465. The second-order valence-electron chi connectivity index (χ2n) is 4.70. The Morgan fingerprint density at radius 3 is 1.81 bits per heavy atom. The fraction of sp³-hybridized carbons (Fsp3) is 1.00. The van der Waals surface area contributed by atoms with Crippen LogP contribution in [0.5, 0.6) is 0 Å². The molecule has 0 rings (SSSR count). The zero-order valence-corrected chi connectivity index (χ0v) is 11.6. The van der Waals surface area contributed by atoms with Gasteiger partial charge in [-0.2, -0.15) is 0 Å². The Bertz CT molecular complexity index is 200. The molecule has 0 spiro atoms. The molecule has 3 nitrogen and oxygen atoms in total. The van der Waals surface area contributed by atoms with Crippen LogP contribution in [0, 0.1) is 0 Å². The van der Waals surface area contributed by atoms with Crippen molar-refractivity contribution in [2.75, 3.05) is 0 Å². The molecule has 0 radical (unpaired) electrons. The Morgan fingerprint density at radius 2 is 1.38 bits per heavy atom. The van der Waals surface area contributed by atoms with Crippen LogP contribution in [0.15, 0.2) is 0 Å². The van der Waals surface area contributed by atoms with Gasteiger partial charge in [-0.1, -0.05) is 65.2 Å². The van der Waals surface area contributed by atoms with Gasteiger partial charge in [-0.15, -0.1) is 0 Å². The van der Waals surface area contributed by atoms with E-state index < -0.39 is 13.3 Å². The molecule has 0 aromatic carbocycles. The molecule has 0 aromatic rings. The van der Waals surface area contributed by atoms with Crippen molar-refractivity contribution >= 4 is 7.60 Å². The lowest BCUT2D eigenvalue weighted by molar-refractivity contribution is 0.355. The second kappa shape index (κ2) is 9.21. The quantitative estimate of drug-likeness (QED) is 0.453. The molecule has 0 aliphatic carbocycles. The average molecular weight is 250 g/mol. The molecular formula is C12H27O3P. The van der Waals surface area contributed by atoms with Gasteiger partial charge in [0.05, 0.1) is 5.66 Å². The third-order valence-electron chi connectivity index (χ3n) is 3.05. The zero-order valence-electron chi connectivity index (χ0n) is 10.7. The van der Waals surface area contributed by atoms with Crippen molar-refractivity contribution in [3.8, 4) is 0 Å². The van der Waals surface area contributed by atoms with E-state index in [4.69, 9.17) is 9.79 Å². The van der Waals surface area contributed by atoms with Gasteiger partial charge >= 0.3 is 7.60 Å². The van der Waals surface area contributed by atoms with Gasteiger partial charge in [-0.3, -0.25) is 4.57 Å². The average Bonchev–Trinajstić information content (AvgIpc) is 2.20. The fourth-order valence-corrected chi connectivity index (χ4v) is 2.26. The summed E-state index contributed by atoms with van der Waals surface area (Å²) in [6, 6.07) is 0. The Balaban J connectivity index is 3.24. The van der Waals surface area contributed by atoms with Crippen molar-refractivity contribution in [3.63, 3.8) is 0 Å². The molecule has 2 N–H and O–H groups in total. The Kier molecular flexibility index (Phi) is 9.29. The SMILES string of the molecule is CCCCCCCCCCC(C)P(=O)(O)O. The van der Waals surface area contributed by atoms with Gasteiger partial charge in [0, 0.05) is 0 Å². The topological polar surface area (TPSA) is 57.5 Å². The highest BCUT2D eigenvalue weighted by molar-refractivity contribution is 7.52. The molecule has 98 valence electrons. The maximum absolute atomic E-state index is 10.9. The molecule has 0 amide bonds. The Morgan fingerprint density at radius 1 is 0.938 bits per heavy atom. The van der Waals surface area contributed by atoms with Crippen LogP contribution in [0.4, 0.5) is 0 Å². The molecule has 1 atom stereocenters. The minimum Gasteiger partial charge on any atom is -0.324 e. The smallest absolute Gasteiger partial charge is 0.324 e. The van der Waals surface area contributed by atoms with Crippen LogP contribution >= 0.6 is 7.60 Å². The Labute approximate surface area is 99.8 Å². The van der Waals surface area contributed by atoms with Crippen molar-refractivity contribution < 1.29 is 14.4 Å². The monoisotopic (exact) mass is 250 g/mol. The van der Waals surface area contributed by atoms with Crippen molar-refractivity contribution in [1.29, 1.82) is 0 Å². The first-order valence-corrected chi connectivity index (χ1v) is 8.22. The minimum absolute atomic E-state index is 0.465. The van der Waals surface area contributed by atoms with E-state index in [9.17, 15) is 4.57 Å². The van der Waals surface area contributed by atoms with Gasteiger partial charge in [-0.05, 0) is 6.42 Å². The van der Waals surface area contributed by atoms with E-state index in [2.05, 4.69) is 6.92 Å². The molecule has 0 heterocycles. The normalized spacial score (nSPS) is 14.0. The summed E-state index contributed by atoms with van der Waals surface area (Å²) < 4.78 is 10.9. The summed E-state index contributed by atoms with van der Waals surface area (Å²) in [7, 11) is -3.83. The minimum atomic E-state index is -3.83. The molecule has 0 saturated heterocycles. The van der Waals surface area contributed by atoms with E-state index in [1.165, 1.54) is 38.5 Å². The molecule has 1 unspecified atom stereocenters. The van der Waals surface area contributed by atoms with Gasteiger partial charge in [0.25, 0.3) is 0 Å². The molecule has 4 heteroatoms. The maximum Gasteiger partial charge on any atom is 0.328 e. The van der Waals surface area contributed by atoms with Gasteiger partial charge in [0.2, 0.25) is 0 Å². The predicted octanol–water partition coefficient (Wildman–Crippen LogP) is 4.08. The van der Waals surface area contributed by atoms with Crippen LogP contribution in [0.2, 0.25) is 0 Å². The highest BCUT2D eigenvalue weighted by Gasteiger charge is 2.22. The lowest BCUT2D eigenvalue weighted by Crippen LogP contribution is -2.02. The number of unbranched alkanes of at least 4 members (excludes halogenated alkanes) is 7. The molecule has 0 aliphatic rings. The third-order valence-corrected chi connectivity index (χ3v) is 4.46. The number of hydrogen-bond acceptors (Lipinski definition) is 1. The van der Waals surface area contributed by atoms with Gasteiger partial charge in [0.15, 0.2) is 0 Å². The number of hydrogen-bond donors (Lipinski definition) is 2. The maximum atomic E-state index is 10.9. The molecule has 0 aliphatic heterocycles. The van der Waals surface area contributed by atoms with Gasteiger partial charge in [0.1, 0.15) is 0 Å². The zero-order chi connectivity index (χ0) is 12.4. The second-order valence-corrected chi connectivity index (χ2v) is 6.76. The van der Waals surface area contributed by atoms with E-state index in [1.807, 2.05) is 0 Å². The lowest BCUT2D eigenvalue weighted by Gasteiger charge is -2.12. The first kappa shape index (κ1) is 16.1. The molecule has 0 saturated carbocycles. The molecule has 0 aromatic heterocycles. The molecule has 0 bridgehead atoms. The number of rotatable bonds is 10. The third kappa shape index (κ3) is 9.38. The molecule has 16 heavy (non-hydrogen) atoms. The van der Waals surface area contributed by atoms with E-state index in [1.54, 1.807) is 6.92 Å². The van der Waals surface area contributed by atoms with Gasteiger partial charge < -0.3 is 9.79 Å². The lowest BCUT2D eigenvalue weighted by atomic mass is 10.1. The van der Waals surface area contributed by atoms with E-state index in [0.29, 0.717) is 6.42 Å². The standard InChI is InChI=1S/C12H27O3P/c1-3-4-5-6-7-8-9-10-11-12(2)16(13,14)15/h12H,3-11H2,1-2H3,(H2,13,14,15). The highest BCUT2D eigenvalue weighted by atomic mass is 31.2. The van der Waals surface area contributed by atoms with Crippen LogP contribution in [-0.4, -0.2) is 15.4 Å². The van der Waals surface area contributed by atoms with Crippen LogP contribution in [0.1, 0.15) is 71.6 Å². The largest absolute Gasteiger partial charge is 0.328 e. The van der Waals surface area contributed by atoms with Crippen molar-refractivity contribution in [3.05, 3.63) is 0 Å². The summed E-state index contributed by atoms with van der Waals surface area (Å²) in [6.07, 6.45) is 10.4.